The fourth-order valence-corrected chi connectivity index (χ4v) is 3.69. The molecule has 6 nitrogen and oxygen atoms in total. The van der Waals surface area contributed by atoms with Crippen molar-refractivity contribution in [1.29, 1.82) is 0 Å². The maximum absolute atomic E-state index is 12.6. The molecule has 1 aromatic heterocycles. The van der Waals surface area contributed by atoms with E-state index in [0.717, 1.165) is 21.4 Å². The third-order valence-electron chi connectivity index (χ3n) is 5.16. The van der Waals surface area contributed by atoms with Crippen molar-refractivity contribution in [2.75, 3.05) is 12.0 Å². The van der Waals surface area contributed by atoms with Crippen LogP contribution in [0.1, 0.15) is 5.56 Å². The Hall–Kier alpha value is -3.77. The Balaban J connectivity index is 1.73. The van der Waals surface area contributed by atoms with E-state index in [4.69, 9.17) is 20.8 Å². The molecular formula is C25H20ClNO5. The third-order valence-corrected chi connectivity index (χ3v) is 5.41. The van der Waals surface area contributed by atoms with Crippen LogP contribution in [0.2, 0.25) is 5.02 Å². The standard InChI is InChI=1S/C25H20ClNO5/c1-31-25(30)27(21(24(28)29)13-16-7-10-20(26)11-8-16)23-15-19-14-18(9-12-22(19)32-23)17-5-3-2-4-6-17/h2-12,14-15,21H,13H2,1H3,(H,28,29)/t21-/m1/s1. The molecule has 0 radical (unpaired) electrons. The van der Waals surface area contributed by atoms with Gasteiger partial charge in [0.05, 0.1) is 7.11 Å². The summed E-state index contributed by atoms with van der Waals surface area (Å²) in [5.41, 5.74) is 3.25. The highest BCUT2D eigenvalue weighted by Crippen LogP contribution is 2.32. The number of carboxylic acid groups (broad SMARTS) is 1. The lowest BCUT2D eigenvalue weighted by molar-refractivity contribution is -0.138. The minimum Gasteiger partial charge on any atom is -0.480 e. The number of aliphatic carboxylic acids is 1. The molecule has 1 amide bonds. The average molecular weight is 450 g/mol. The first kappa shape index (κ1) is 21.5. The predicted octanol–water partition coefficient (Wildman–Crippen LogP) is 6.02. The smallest absolute Gasteiger partial charge is 0.417 e. The molecule has 0 spiro atoms. The Kier molecular flexibility index (Phi) is 6.14. The number of ether oxygens (including phenoxy) is 1. The number of halogens is 1. The van der Waals surface area contributed by atoms with Crippen LogP contribution in [0, 0.1) is 0 Å². The second kappa shape index (κ2) is 9.16. The van der Waals surface area contributed by atoms with Gasteiger partial charge in [-0.1, -0.05) is 60.1 Å². The van der Waals surface area contributed by atoms with Gasteiger partial charge in [-0.3, -0.25) is 0 Å². The van der Waals surface area contributed by atoms with Crippen LogP contribution in [-0.2, 0) is 16.0 Å². The molecule has 0 fully saturated rings. The van der Waals surface area contributed by atoms with E-state index in [-0.39, 0.29) is 12.3 Å². The zero-order chi connectivity index (χ0) is 22.7. The molecule has 1 atom stereocenters. The first-order valence-electron chi connectivity index (χ1n) is 9.89. The van der Waals surface area contributed by atoms with Crippen molar-refractivity contribution < 1.29 is 23.8 Å². The van der Waals surface area contributed by atoms with Crippen molar-refractivity contribution in [2.45, 2.75) is 12.5 Å². The number of carboxylic acids is 1. The maximum Gasteiger partial charge on any atom is 0.417 e. The molecule has 0 aliphatic rings. The minimum atomic E-state index is -1.24. The fourth-order valence-electron chi connectivity index (χ4n) is 3.56. The Bertz CT molecular complexity index is 1250. The van der Waals surface area contributed by atoms with Crippen molar-refractivity contribution in [2.24, 2.45) is 0 Å². The highest BCUT2D eigenvalue weighted by Gasteiger charge is 2.34. The van der Waals surface area contributed by atoms with Crippen LogP contribution >= 0.6 is 11.6 Å². The summed E-state index contributed by atoms with van der Waals surface area (Å²) < 4.78 is 10.8. The van der Waals surface area contributed by atoms with E-state index in [2.05, 4.69) is 0 Å². The average Bonchev–Trinajstić information content (AvgIpc) is 3.23. The lowest BCUT2D eigenvalue weighted by Crippen LogP contribution is -2.46. The van der Waals surface area contributed by atoms with Crippen molar-refractivity contribution in [3.8, 4) is 11.1 Å². The monoisotopic (exact) mass is 449 g/mol. The molecule has 1 N–H and O–H groups in total. The van der Waals surface area contributed by atoms with Gasteiger partial charge < -0.3 is 14.3 Å². The van der Waals surface area contributed by atoms with E-state index in [9.17, 15) is 14.7 Å². The van der Waals surface area contributed by atoms with E-state index >= 15 is 0 Å². The summed E-state index contributed by atoms with van der Waals surface area (Å²) in [7, 11) is 1.20. The van der Waals surface area contributed by atoms with Crippen molar-refractivity contribution in [1.82, 2.24) is 0 Å². The Morgan fingerprint density at radius 3 is 2.38 bits per heavy atom. The lowest BCUT2D eigenvalue weighted by atomic mass is 10.0. The molecule has 0 saturated heterocycles. The topological polar surface area (TPSA) is 80.0 Å². The highest BCUT2D eigenvalue weighted by atomic mass is 35.5. The molecule has 162 valence electrons. The SMILES string of the molecule is COC(=O)N(c1cc2cc(-c3ccccc3)ccc2o1)[C@H](Cc1ccc(Cl)cc1)C(=O)O. The number of nitrogens with zero attached hydrogens (tertiary/aromatic N) is 1. The molecule has 0 aliphatic heterocycles. The van der Waals surface area contributed by atoms with Gasteiger partial charge >= 0.3 is 12.1 Å². The zero-order valence-corrected chi connectivity index (χ0v) is 18.0. The molecule has 0 bridgehead atoms. The number of methoxy groups -OCH3 is 1. The molecule has 4 rings (SSSR count). The number of amides is 1. The molecule has 3 aromatic carbocycles. The van der Waals surface area contributed by atoms with Gasteiger partial charge in [0.15, 0.2) is 0 Å². The normalized spacial score (nSPS) is 11.8. The molecule has 1 heterocycles. The Morgan fingerprint density at radius 2 is 1.72 bits per heavy atom. The molecule has 0 unspecified atom stereocenters. The van der Waals surface area contributed by atoms with Crippen LogP contribution in [0.15, 0.2) is 83.3 Å². The highest BCUT2D eigenvalue weighted by molar-refractivity contribution is 6.30. The number of anilines is 1. The van der Waals surface area contributed by atoms with Crippen LogP contribution in [0.25, 0.3) is 22.1 Å². The van der Waals surface area contributed by atoms with Gasteiger partial charge in [0, 0.05) is 22.9 Å². The van der Waals surface area contributed by atoms with Crippen LogP contribution in [0.5, 0.6) is 0 Å². The number of hydrogen-bond donors (Lipinski definition) is 1. The van der Waals surface area contributed by atoms with E-state index in [0.29, 0.717) is 16.2 Å². The van der Waals surface area contributed by atoms with Crippen LogP contribution in [-0.4, -0.2) is 30.3 Å². The number of fused-ring (bicyclic) bond motifs is 1. The van der Waals surface area contributed by atoms with Gasteiger partial charge in [0.25, 0.3) is 0 Å². The summed E-state index contributed by atoms with van der Waals surface area (Å²) in [6.07, 6.45) is -0.776. The molecule has 0 saturated carbocycles. The van der Waals surface area contributed by atoms with Crippen LogP contribution in [0.3, 0.4) is 0 Å². The zero-order valence-electron chi connectivity index (χ0n) is 17.2. The van der Waals surface area contributed by atoms with E-state index in [1.165, 1.54) is 7.11 Å². The second-order valence-electron chi connectivity index (χ2n) is 7.23. The van der Waals surface area contributed by atoms with E-state index in [1.54, 1.807) is 36.4 Å². The van der Waals surface area contributed by atoms with E-state index in [1.807, 2.05) is 42.5 Å². The van der Waals surface area contributed by atoms with Crippen molar-refractivity contribution >= 4 is 40.5 Å². The predicted molar refractivity (Wildman–Crippen MR) is 123 cm³/mol. The van der Waals surface area contributed by atoms with Gasteiger partial charge in [-0.2, -0.15) is 0 Å². The number of carbonyl (C=O) groups is 2. The number of furan rings is 1. The summed E-state index contributed by atoms with van der Waals surface area (Å²) in [5, 5.41) is 11.2. The molecule has 0 aliphatic carbocycles. The van der Waals surface area contributed by atoms with Crippen molar-refractivity contribution in [3.63, 3.8) is 0 Å². The summed E-state index contributed by atoms with van der Waals surface area (Å²) in [6, 6.07) is 22.7. The lowest BCUT2D eigenvalue weighted by Gasteiger charge is -2.25. The van der Waals surface area contributed by atoms with Crippen LogP contribution < -0.4 is 4.90 Å². The summed E-state index contributed by atoms with van der Waals surface area (Å²) in [6.45, 7) is 0. The summed E-state index contributed by atoms with van der Waals surface area (Å²) >= 11 is 5.93. The quantitative estimate of drug-likeness (QED) is 0.389. The van der Waals surface area contributed by atoms with Gasteiger partial charge in [-0.25, -0.2) is 14.5 Å². The largest absolute Gasteiger partial charge is 0.480 e. The number of carbonyl (C=O) groups excluding carboxylic acids is 1. The summed E-state index contributed by atoms with van der Waals surface area (Å²) in [5.74, 6) is -1.09. The van der Waals surface area contributed by atoms with Gasteiger partial charge in [-0.15, -0.1) is 0 Å². The maximum atomic E-state index is 12.6. The van der Waals surface area contributed by atoms with Gasteiger partial charge in [0.2, 0.25) is 5.88 Å². The summed E-state index contributed by atoms with van der Waals surface area (Å²) in [4.78, 5) is 25.8. The van der Waals surface area contributed by atoms with Crippen molar-refractivity contribution in [3.05, 3.63) is 89.4 Å². The first-order valence-corrected chi connectivity index (χ1v) is 10.3. The molecule has 32 heavy (non-hydrogen) atoms. The number of rotatable bonds is 6. The van der Waals surface area contributed by atoms with Gasteiger partial charge in [-0.05, 0) is 41.0 Å². The minimum absolute atomic E-state index is 0.0495. The number of benzene rings is 3. The molecule has 4 aromatic rings. The molecular weight excluding hydrogens is 430 g/mol. The van der Waals surface area contributed by atoms with Gasteiger partial charge in [0.1, 0.15) is 11.6 Å². The Labute approximate surface area is 189 Å². The van der Waals surface area contributed by atoms with Crippen LogP contribution in [0.4, 0.5) is 10.7 Å². The third kappa shape index (κ3) is 4.45. The Morgan fingerprint density at radius 1 is 1.00 bits per heavy atom. The van der Waals surface area contributed by atoms with E-state index < -0.39 is 18.1 Å². The first-order chi connectivity index (χ1) is 15.5. The fraction of sp³-hybridized carbons (Fsp3) is 0.120. The number of hydrogen-bond acceptors (Lipinski definition) is 4. The molecule has 7 heteroatoms. The second-order valence-corrected chi connectivity index (χ2v) is 7.66.